The standard InChI is InChI=1S/C20H24N4O4S/c1-12(2)24-13(3)10-15(22-24)18(25)21-20-23(8-9-27-4)16-7-6-14(19(26)28-5)11-17(16)29-20/h6-7,10-12H,8-9H2,1-5H3. The molecule has 0 aliphatic carbocycles. The Bertz CT molecular complexity index is 1120. The van der Waals surface area contributed by atoms with Crippen LogP contribution in [0, 0.1) is 6.92 Å². The Morgan fingerprint density at radius 3 is 2.62 bits per heavy atom. The summed E-state index contributed by atoms with van der Waals surface area (Å²) in [5.41, 5.74) is 2.53. The van der Waals surface area contributed by atoms with Crippen molar-refractivity contribution in [2.24, 2.45) is 4.99 Å². The molecule has 2 heterocycles. The summed E-state index contributed by atoms with van der Waals surface area (Å²) in [6, 6.07) is 7.17. The third-order valence-corrected chi connectivity index (χ3v) is 5.49. The van der Waals surface area contributed by atoms with Gasteiger partial charge >= 0.3 is 5.97 Å². The second-order valence-electron chi connectivity index (χ2n) is 6.83. The van der Waals surface area contributed by atoms with Crippen molar-refractivity contribution in [2.45, 2.75) is 33.4 Å². The zero-order valence-corrected chi connectivity index (χ0v) is 17.9. The van der Waals surface area contributed by atoms with E-state index < -0.39 is 11.9 Å². The number of aromatic nitrogens is 3. The molecule has 154 valence electrons. The van der Waals surface area contributed by atoms with Crippen LogP contribution >= 0.6 is 11.3 Å². The van der Waals surface area contributed by atoms with Gasteiger partial charge in [0.05, 0.1) is 29.5 Å². The number of fused-ring (bicyclic) bond motifs is 1. The summed E-state index contributed by atoms with van der Waals surface area (Å²) in [5, 5.41) is 4.38. The zero-order chi connectivity index (χ0) is 21.1. The van der Waals surface area contributed by atoms with E-state index in [1.807, 2.05) is 31.4 Å². The van der Waals surface area contributed by atoms with Crippen LogP contribution < -0.4 is 4.80 Å². The molecule has 0 bridgehead atoms. The lowest BCUT2D eigenvalue weighted by Gasteiger charge is -2.06. The molecule has 1 aromatic carbocycles. The van der Waals surface area contributed by atoms with Crippen LogP contribution in [0.4, 0.5) is 0 Å². The molecular formula is C20H24N4O4S. The molecule has 0 fully saturated rings. The first-order valence-electron chi connectivity index (χ1n) is 9.21. The largest absolute Gasteiger partial charge is 0.465 e. The zero-order valence-electron chi connectivity index (χ0n) is 17.1. The van der Waals surface area contributed by atoms with Gasteiger partial charge in [0, 0.05) is 25.4 Å². The number of carbonyl (C=O) groups excluding carboxylic acids is 2. The highest BCUT2D eigenvalue weighted by molar-refractivity contribution is 7.16. The van der Waals surface area contributed by atoms with Gasteiger partial charge in [0.2, 0.25) is 0 Å². The summed E-state index contributed by atoms with van der Waals surface area (Å²) in [4.78, 5) is 29.5. The maximum Gasteiger partial charge on any atom is 0.337 e. The molecule has 0 aliphatic heterocycles. The van der Waals surface area contributed by atoms with Gasteiger partial charge in [-0.1, -0.05) is 11.3 Å². The molecular weight excluding hydrogens is 392 g/mol. The molecule has 1 amide bonds. The lowest BCUT2D eigenvalue weighted by molar-refractivity contribution is 0.0600. The van der Waals surface area contributed by atoms with Crippen molar-refractivity contribution in [2.75, 3.05) is 20.8 Å². The van der Waals surface area contributed by atoms with Gasteiger partial charge in [-0.3, -0.25) is 9.48 Å². The molecule has 0 saturated heterocycles. The summed E-state index contributed by atoms with van der Waals surface area (Å²) >= 11 is 1.33. The Labute approximate surface area is 172 Å². The second kappa shape index (κ2) is 8.71. The van der Waals surface area contributed by atoms with Crippen LogP contribution in [0.5, 0.6) is 0 Å². The monoisotopic (exact) mass is 416 g/mol. The number of methoxy groups -OCH3 is 2. The van der Waals surface area contributed by atoms with Crippen LogP contribution in [0.15, 0.2) is 29.3 Å². The first-order chi connectivity index (χ1) is 13.8. The molecule has 2 aromatic heterocycles. The number of hydrogen-bond acceptors (Lipinski definition) is 6. The quantitative estimate of drug-likeness (QED) is 0.577. The van der Waals surface area contributed by atoms with Crippen LogP contribution in [-0.4, -0.2) is 47.1 Å². The fourth-order valence-corrected chi connectivity index (χ4v) is 4.15. The minimum Gasteiger partial charge on any atom is -0.465 e. The van der Waals surface area contributed by atoms with Crippen molar-refractivity contribution in [1.29, 1.82) is 0 Å². The number of amides is 1. The molecule has 9 heteroatoms. The van der Waals surface area contributed by atoms with E-state index in [-0.39, 0.29) is 6.04 Å². The summed E-state index contributed by atoms with van der Waals surface area (Å²) in [6.45, 7) is 6.92. The fraction of sp³-hybridized carbons (Fsp3) is 0.400. The van der Waals surface area contributed by atoms with Crippen LogP contribution in [-0.2, 0) is 16.0 Å². The van der Waals surface area contributed by atoms with Crippen molar-refractivity contribution < 1.29 is 19.1 Å². The Morgan fingerprint density at radius 2 is 2.00 bits per heavy atom. The van der Waals surface area contributed by atoms with Crippen LogP contribution in [0.25, 0.3) is 10.2 Å². The van der Waals surface area contributed by atoms with Crippen molar-refractivity contribution in [3.63, 3.8) is 0 Å². The van der Waals surface area contributed by atoms with E-state index in [1.165, 1.54) is 18.4 Å². The Morgan fingerprint density at radius 1 is 1.24 bits per heavy atom. The molecule has 0 aliphatic rings. The average Bonchev–Trinajstić information content (AvgIpc) is 3.25. The van der Waals surface area contributed by atoms with Crippen molar-refractivity contribution in [3.8, 4) is 0 Å². The van der Waals surface area contributed by atoms with Crippen molar-refractivity contribution in [3.05, 3.63) is 46.0 Å². The van der Waals surface area contributed by atoms with Gasteiger partial charge in [-0.05, 0) is 45.0 Å². The Hall–Kier alpha value is -2.78. The number of aryl methyl sites for hydroxylation is 1. The number of thiazole rings is 1. The van der Waals surface area contributed by atoms with E-state index in [9.17, 15) is 9.59 Å². The molecule has 3 aromatic rings. The highest BCUT2D eigenvalue weighted by Crippen LogP contribution is 2.20. The molecule has 0 atom stereocenters. The number of hydrogen-bond donors (Lipinski definition) is 0. The minimum absolute atomic E-state index is 0.157. The van der Waals surface area contributed by atoms with Gasteiger partial charge in [0.15, 0.2) is 10.5 Å². The molecule has 0 unspecified atom stereocenters. The van der Waals surface area contributed by atoms with Gasteiger partial charge in [-0.2, -0.15) is 10.1 Å². The third kappa shape index (κ3) is 4.30. The molecule has 0 spiro atoms. The van der Waals surface area contributed by atoms with E-state index in [4.69, 9.17) is 9.47 Å². The van der Waals surface area contributed by atoms with Gasteiger partial charge in [-0.15, -0.1) is 0 Å². The molecule has 8 nitrogen and oxygen atoms in total. The van der Waals surface area contributed by atoms with Crippen molar-refractivity contribution >= 4 is 33.4 Å². The molecule has 0 radical (unpaired) electrons. The second-order valence-corrected chi connectivity index (χ2v) is 7.84. The Kier molecular flexibility index (Phi) is 6.29. The normalized spacial score (nSPS) is 12.1. The number of nitrogens with zero attached hydrogens (tertiary/aromatic N) is 4. The molecule has 3 rings (SSSR count). The summed E-state index contributed by atoms with van der Waals surface area (Å²) in [6.07, 6.45) is 0. The van der Waals surface area contributed by atoms with Crippen LogP contribution in [0.2, 0.25) is 0 Å². The maximum absolute atomic E-state index is 12.8. The SMILES string of the molecule is COCCn1c(=NC(=O)c2cc(C)n(C(C)C)n2)sc2cc(C(=O)OC)ccc21. The van der Waals surface area contributed by atoms with Gasteiger partial charge in [-0.25, -0.2) is 4.79 Å². The third-order valence-electron chi connectivity index (χ3n) is 4.45. The number of carbonyl (C=O) groups is 2. The maximum atomic E-state index is 12.8. The van der Waals surface area contributed by atoms with E-state index >= 15 is 0 Å². The first-order valence-corrected chi connectivity index (χ1v) is 10.0. The number of benzene rings is 1. The number of rotatable bonds is 6. The lowest BCUT2D eigenvalue weighted by Crippen LogP contribution is -2.19. The van der Waals surface area contributed by atoms with E-state index in [0.717, 1.165) is 15.9 Å². The van der Waals surface area contributed by atoms with Crippen LogP contribution in [0.3, 0.4) is 0 Å². The summed E-state index contributed by atoms with van der Waals surface area (Å²) < 4.78 is 14.5. The smallest absolute Gasteiger partial charge is 0.337 e. The number of ether oxygens (including phenoxy) is 2. The Balaban J connectivity index is 2.09. The highest BCUT2D eigenvalue weighted by atomic mass is 32.1. The molecule has 0 saturated carbocycles. The van der Waals surface area contributed by atoms with Gasteiger partial charge in [0.1, 0.15) is 0 Å². The van der Waals surface area contributed by atoms with Crippen molar-refractivity contribution in [1.82, 2.24) is 14.3 Å². The summed E-state index contributed by atoms with van der Waals surface area (Å²) in [5.74, 6) is -0.813. The topological polar surface area (TPSA) is 87.7 Å². The minimum atomic E-state index is -0.409. The van der Waals surface area contributed by atoms with E-state index in [0.29, 0.717) is 29.2 Å². The first kappa shape index (κ1) is 20.9. The lowest BCUT2D eigenvalue weighted by atomic mass is 10.2. The predicted octanol–water partition coefficient (Wildman–Crippen LogP) is 2.96. The highest BCUT2D eigenvalue weighted by Gasteiger charge is 2.15. The predicted molar refractivity (Wildman–Crippen MR) is 110 cm³/mol. The van der Waals surface area contributed by atoms with Gasteiger partial charge < -0.3 is 14.0 Å². The molecule has 0 N–H and O–H groups in total. The van der Waals surface area contributed by atoms with E-state index in [1.54, 1.807) is 30.0 Å². The van der Waals surface area contributed by atoms with Crippen LogP contribution in [0.1, 0.15) is 46.4 Å². The van der Waals surface area contributed by atoms with E-state index in [2.05, 4.69) is 10.1 Å². The fourth-order valence-electron chi connectivity index (χ4n) is 3.06. The number of esters is 1. The molecule has 29 heavy (non-hydrogen) atoms. The summed E-state index contributed by atoms with van der Waals surface area (Å²) in [7, 11) is 2.96. The average molecular weight is 417 g/mol. The van der Waals surface area contributed by atoms with Gasteiger partial charge in [0.25, 0.3) is 5.91 Å².